The van der Waals surface area contributed by atoms with Gasteiger partial charge < -0.3 is 19.2 Å². The van der Waals surface area contributed by atoms with Gasteiger partial charge in [-0.3, -0.25) is 9.69 Å². The summed E-state index contributed by atoms with van der Waals surface area (Å²) in [7, 11) is 1.79. The average molecular weight is 428 g/mol. The summed E-state index contributed by atoms with van der Waals surface area (Å²) in [6, 6.07) is 12.2. The van der Waals surface area contributed by atoms with Crippen LogP contribution in [0.15, 0.2) is 41.2 Å². The maximum Gasteiger partial charge on any atom is 0.525 e. The third-order valence-electron chi connectivity index (χ3n) is 6.35. The molecule has 3 heterocycles. The standard InChI is InChI=1S/C23H29N3O5/c1-16(17-9-11-26(12-10-17)31-23(28)29)30-21-8-7-20(24(2)22(21)27)15-25-13-18-5-3-4-6-19(18)14-25/h3-8,16-17H,9-15H2,1-2H3,(H,28,29). The van der Waals surface area contributed by atoms with Crippen LogP contribution >= 0.6 is 0 Å². The molecule has 0 bridgehead atoms. The molecule has 0 saturated carbocycles. The molecule has 1 fully saturated rings. The normalized spacial score (nSPS) is 18.5. The molecule has 1 aromatic carbocycles. The summed E-state index contributed by atoms with van der Waals surface area (Å²) in [5, 5.41) is 10.2. The summed E-state index contributed by atoms with van der Waals surface area (Å²) in [6.45, 7) is 5.51. The minimum Gasteiger partial charge on any atom is -0.485 e. The zero-order valence-corrected chi connectivity index (χ0v) is 18.0. The zero-order chi connectivity index (χ0) is 22.0. The highest BCUT2D eigenvalue weighted by atomic mass is 16.8. The summed E-state index contributed by atoms with van der Waals surface area (Å²) < 4.78 is 7.71. The van der Waals surface area contributed by atoms with Crippen molar-refractivity contribution in [3.05, 3.63) is 63.6 Å². The van der Waals surface area contributed by atoms with Gasteiger partial charge in [0, 0.05) is 45.5 Å². The van der Waals surface area contributed by atoms with Crippen LogP contribution in [0.5, 0.6) is 5.75 Å². The smallest absolute Gasteiger partial charge is 0.485 e. The second-order valence-corrected chi connectivity index (χ2v) is 8.41. The number of carboxylic acid groups (broad SMARTS) is 1. The van der Waals surface area contributed by atoms with Crippen LogP contribution < -0.4 is 10.3 Å². The molecular weight excluding hydrogens is 398 g/mol. The van der Waals surface area contributed by atoms with Gasteiger partial charge in [0.25, 0.3) is 5.56 Å². The minimum atomic E-state index is -1.29. The molecule has 0 amide bonds. The number of rotatable bonds is 6. The number of benzene rings is 1. The van der Waals surface area contributed by atoms with Crippen molar-refractivity contribution in [3.8, 4) is 5.75 Å². The summed E-state index contributed by atoms with van der Waals surface area (Å²) in [5.74, 6) is 0.591. The molecule has 0 radical (unpaired) electrons. The first-order chi connectivity index (χ1) is 14.9. The van der Waals surface area contributed by atoms with E-state index < -0.39 is 6.16 Å². The lowest BCUT2D eigenvalue weighted by atomic mass is 9.93. The van der Waals surface area contributed by atoms with Gasteiger partial charge in [0.05, 0.1) is 6.10 Å². The molecule has 4 rings (SSSR count). The van der Waals surface area contributed by atoms with Crippen LogP contribution in [0.1, 0.15) is 36.6 Å². The highest BCUT2D eigenvalue weighted by Crippen LogP contribution is 2.25. The molecule has 1 unspecified atom stereocenters. The van der Waals surface area contributed by atoms with E-state index in [4.69, 9.17) is 14.7 Å². The molecule has 166 valence electrons. The lowest BCUT2D eigenvalue weighted by Crippen LogP contribution is -2.40. The summed E-state index contributed by atoms with van der Waals surface area (Å²) in [5.41, 5.74) is 3.52. The van der Waals surface area contributed by atoms with E-state index in [0.29, 0.717) is 25.4 Å². The van der Waals surface area contributed by atoms with Crippen molar-refractivity contribution in [3.63, 3.8) is 0 Å². The van der Waals surface area contributed by atoms with Gasteiger partial charge in [-0.1, -0.05) is 24.3 Å². The van der Waals surface area contributed by atoms with Gasteiger partial charge in [-0.05, 0) is 48.9 Å². The van der Waals surface area contributed by atoms with Crippen LogP contribution in [0.4, 0.5) is 4.79 Å². The first-order valence-electron chi connectivity index (χ1n) is 10.7. The number of nitrogens with zero attached hydrogens (tertiary/aromatic N) is 3. The molecule has 1 N–H and O–H groups in total. The summed E-state index contributed by atoms with van der Waals surface area (Å²) >= 11 is 0. The van der Waals surface area contributed by atoms with Crippen molar-refractivity contribution < 1.29 is 19.5 Å². The number of ether oxygens (including phenoxy) is 1. The van der Waals surface area contributed by atoms with Crippen LogP contribution in [0.2, 0.25) is 0 Å². The SMILES string of the molecule is CC(Oc1ccc(CN2Cc3ccccc3C2)n(C)c1=O)C1CCN(OC(=O)O)CC1. The van der Waals surface area contributed by atoms with E-state index >= 15 is 0 Å². The Labute approximate surface area is 181 Å². The van der Waals surface area contributed by atoms with E-state index in [1.165, 1.54) is 16.2 Å². The zero-order valence-electron chi connectivity index (χ0n) is 18.0. The van der Waals surface area contributed by atoms with E-state index in [2.05, 4.69) is 29.2 Å². The Morgan fingerprint density at radius 3 is 2.39 bits per heavy atom. The topological polar surface area (TPSA) is 84.2 Å². The van der Waals surface area contributed by atoms with E-state index in [0.717, 1.165) is 31.6 Å². The first-order valence-corrected chi connectivity index (χ1v) is 10.7. The van der Waals surface area contributed by atoms with Crippen molar-refractivity contribution >= 4 is 6.16 Å². The number of carbonyl (C=O) groups is 1. The maximum absolute atomic E-state index is 12.9. The van der Waals surface area contributed by atoms with Gasteiger partial charge in [0.15, 0.2) is 5.75 Å². The largest absolute Gasteiger partial charge is 0.525 e. The number of hydrogen-bond donors (Lipinski definition) is 1. The van der Waals surface area contributed by atoms with Crippen LogP contribution in [-0.4, -0.2) is 45.0 Å². The van der Waals surface area contributed by atoms with Crippen molar-refractivity contribution in [2.75, 3.05) is 13.1 Å². The molecule has 1 atom stereocenters. The predicted molar refractivity (Wildman–Crippen MR) is 115 cm³/mol. The lowest BCUT2D eigenvalue weighted by molar-refractivity contribution is -0.140. The number of fused-ring (bicyclic) bond motifs is 1. The lowest BCUT2D eigenvalue weighted by Gasteiger charge is -2.32. The Morgan fingerprint density at radius 1 is 1.13 bits per heavy atom. The number of piperidine rings is 1. The molecule has 0 spiro atoms. The maximum atomic E-state index is 12.9. The van der Waals surface area contributed by atoms with Crippen molar-refractivity contribution in [1.29, 1.82) is 0 Å². The third kappa shape index (κ3) is 4.91. The molecule has 2 aliphatic heterocycles. The van der Waals surface area contributed by atoms with Gasteiger partial charge in [-0.25, -0.2) is 4.79 Å². The predicted octanol–water partition coefficient (Wildman–Crippen LogP) is 2.99. The molecule has 8 nitrogen and oxygen atoms in total. The molecule has 8 heteroatoms. The van der Waals surface area contributed by atoms with Crippen molar-refractivity contribution in [2.24, 2.45) is 13.0 Å². The molecule has 1 saturated heterocycles. The second-order valence-electron chi connectivity index (χ2n) is 8.41. The van der Waals surface area contributed by atoms with Crippen LogP contribution in [0.25, 0.3) is 0 Å². The van der Waals surface area contributed by atoms with Crippen molar-refractivity contribution in [1.82, 2.24) is 14.5 Å². The fourth-order valence-corrected chi connectivity index (χ4v) is 4.49. The number of hydroxylamine groups is 2. The molecular formula is C23H29N3O5. The molecule has 1 aromatic heterocycles. The molecule has 31 heavy (non-hydrogen) atoms. The Hall–Kier alpha value is -2.84. The van der Waals surface area contributed by atoms with E-state index in [1.807, 2.05) is 13.0 Å². The Kier molecular flexibility index (Phi) is 6.29. The fourth-order valence-electron chi connectivity index (χ4n) is 4.49. The Morgan fingerprint density at radius 2 is 1.77 bits per heavy atom. The van der Waals surface area contributed by atoms with Gasteiger partial charge in [0.2, 0.25) is 0 Å². The van der Waals surface area contributed by atoms with Gasteiger partial charge in [-0.15, -0.1) is 5.06 Å². The molecule has 2 aliphatic rings. The highest BCUT2D eigenvalue weighted by molar-refractivity contribution is 5.56. The number of hydrogen-bond acceptors (Lipinski definition) is 6. The van der Waals surface area contributed by atoms with E-state index in [9.17, 15) is 9.59 Å². The van der Waals surface area contributed by atoms with Crippen molar-refractivity contribution in [2.45, 2.75) is 45.5 Å². The molecule has 2 aromatic rings. The van der Waals surface area contributed by atoms with E-state index in [-0.39, 0.29) is 17.6 Å². The highest BCUT2D eigenvalue weighted by Gasteiger charge is 2.28. The third-order valence-corrected chi connectivity index (χ3v) is 6.35. The minimum absolute atomic E-state index is 0.132. The first kappa shape index (κ1) is 21.4. The van der Waals surface area contributed by atoms with Gasteiger partial charge in [-0.2, -0.15) is 0 Å². The van der Waals surface area contributed by atoms with Crippen LogP contribution in [0.3, 0.4) is 0 Å². The summed E-state index contributed by atoms with van der Waals surface area (Å²) in [6.07, 6.45) is 0.0767. The van der Waals surface area contributed by atoms with Gasteiger partial charge >= 0.3 is 6.16 Å². The van der Waals surface area contributed by atoms with Crippen LogP contribution in [0, 0.1) is 5.92 Å². The Balaban J connectivity index is 1.36. The number of aromatic nitrogens is 1. The quantitative estimate of drug-likeness (QED) is 0.759. The summed E-state index contributed by atoms with van der Waals surface area (Å²) in [4.78, 5) is 30.6. The van der Waals surface area contributed by atoms with Crippen LogP contribution in [-0.2, 0) is 31.5 Å². The molecule has 0 aliphatic carbocycles. The number of pyridine rings is 1. The fraction of sp³-hybridized carbons (Fsp3) is 0.478. The monoisotopic (exact) mass is 427 g/mol. The second kappa shape index (κ2) is 9.11. The Bertz CT molecular complexity index is 972. The van der Waals surface area contributed by atoms with E-state index in [1.54, 1.807) is 17.7 Å². The average Bonchev–Trinajstić information content (AvgIpc) is 3.16. The van der Waals surface area contributed by atoms with Gasteiger partial charge in [0.1, 0.15) is 0 Å².